The van der Waals surface area contributed by atoms with Crippen LogP contribution in [0.25, 0.3) is 0 Å². The highest BCUT2D eigenvalue weighted by Gasteiger charge is 2.29. The molecule has 0 aliphatic carbocycles. The van der Waals surface area contributed by atoms with E-state index in [4.69, 9.17) is 4.74 Å². The molecule has 2 aliphatic heterocycles. The van der Waals surface area contributed by atoms with Crippen LogP contribution in [-0.2, 0) is 9.53 Å². The maximum absolute atomic E-state index is 12.1. The minimum Gasteiger partial charge on any atom is -0.443 e. The summed E-state index contributed by atoms with van der Waals surface area (Å²) in [5.74, 6) is 0.686. The number of carbonyl (C=O) groups is 2. The zero-order valence-electron chi connectivity index (χ0n) is 13.5. The molecule has 5 heteroatoms. The third-order valence-corrected chi connectivity index (χ3v) is 3.76. The maximum Gasteiger partial charge on any atom is 0.414 e. The Morgan fingerprint density at radius 3 is 2.71 bits per heavy atom. The van der Waals surface area contributed by atoms with Crippen LogP contribution in [0.15, 0.2) is 11.9 Å². The average molecular weight is 294 g/mol. The standard InChI is InChI=1S/C16H26N2O3/c1-12-7-8-14(19)18(10-12)13-6-5-9-17(11-13)15(20)21-16(2,3)4/h11-12H,5-10H2,1-4H3. The van der Waals surface area contributed by atoms with E-state index in [0.29, 0.717) is 18.9 Å². The fourth-order valence-corrected chi connectivity index (χ4v) is 2.70. The van der Waals surface area contributed by atoms with Gasteiger partial charge in [-0.2, -0.15) is 0 Å². The van der Waals surface area contributed by atoms with Crippen LogP contribution in [0.4, 0.5) is 4.79 Å². The van der Waals surface area contributed by atoms with Crippen LogP contribution in [0.3, 0.4) is 0 Å². The highest BCUT2D eigenvalue weighted by atomic mass is 16.6. The van der Waals surface area contributed by atoms with Crippen molar-refractivity contribution in [3.05, 3.63) is 11.9 Å². The highest BCUT2D eigenvalue weighted by Crippen LogP contribution is 2.26. The Balaban J connectivity index is 2.09. The van der Waals surface area contributed by atoms with Crippen molar-refractivity contribution in [1.29, 1.82) is 0 Å². The molecule has 118 valence electrons. The van der Waals surface area contributed by atoms with E-state index in [1.54, 1.807) is 11.1 Å². The smallest absolute Gasteiger partial charge is 0.414 e. The van der Waals surface area contributed by atoms with Gasteiger partial charge in [0.1, 0.15) is 5.60 Å². The van der Waals surface area contributed by atoms with Gasteiger partial charge < -0.3 is 9.64 Å². The summed E-state index contributed by atoms with van der Waals surface area (Å²) in [7, 11) is 0. The minimum atomic E-state index is -0.502. The molecule has 0 saturated carbocycles. The quantitative estimate of drug-likeness (QED) is 0.746. The fourth-order valence-electron chi connectivity index (χ4n) is 2.70. The topological polar surface area (TPSA) is 49.9 Å². The predicted molar refractivity (Wildman–Crippen MR) is 80.4 cm³/mol. The molecule has 1 unspecified atom stereocenters. The molecule has 0 aromatic rings. The van der Waals surface area contributed by atoms with Crippen LogP contribution >= 0.6 is 0 Å². The first-order chi connectivity index (χ1) is 9.76. The van der Waals surface area contributed by atoms with Gasteiger partial charge in [0.25, 0.3) is 0 Å². The molecule has 0 radical (unpaired) electrons. The summed E-state index contributed by atoms with van der Waals surface area (Å²) in [6, 6.07) is 0. The summed E-state index contributed by atoms with van der Waals surface area (Å²) < 4.78 is 5.40. The predicted octanol–water partition coefficient (Wildman–Crippen LogP) is 3.12. The first-order valence-electron chi connectivity index (χ1n) is 7.77. The molecule has 2 amide bonds. The first-order valence-corrected chi connectivity index (χ1v) is 7.77. The van der Waals surface area contributed by atoms with Crippen LogP contribution in [0.5, 0.6) is 0 Å². The Hall–Kier alpha value is -1.52. The second-order valence-electron chi connectivity index (χ2n) is 7.05. The van der Waals surface area contributed by atoms with Crippen molar-refractivity contribution in [2.45, 2.75) is 59.0 Å². The number of piperidine rings is 1. The van der Waals surface area contributed by atoms with Crippen molar-refractivity contribution in [3.63, 3.8) is 0 Å². The largest absolute Gasteiger partial charge is 0.443 e. The van der Waals surface area contributed by atoms with E-state index in [1.807, 2.05) is 25.7 Å². The summed E-state index contributed by atoms with van der Waals surface area (Å²) in [4.78, 5) is 27.7. The lowest BCUT2D eigenvalue weighted by molar-refractivity contribution is -0.132. The Labute approximate surface area is 126 Å². The van der Waals surface area contributed by atoms with Gasteiger partial charge in [0.15, 0.2) is 0 Å². The summed E-state index contributed by atoms with van der Waals surface area (Å²) in [6.45, 7) is 9.14. The summed E-state index contributed by atoms with van der Waals surface area (Å²) >= 11 is 0. The van der Waals surface area contributed by atoms with Crippen molar-refractivity contribution < 1.29 is 14.3 Å². The van der Waals surface area contributed by atoms with Crippen LogP contribution in [-0.4, -0.2) is 40.5 Å². The van der Waals surface area contributed by atoms with E-state index in [0.717, 1.165) is 31.5 Å². The van der Waals surface area contributed by atoms with Gasteiger partial charge in [-0.05, 0) is 46.0 Å². The Morgan fingerprint density at radius 1 is 1.33 bits per heavy atom. The van der Waals surface area contributed by atoms with Crippen molar-refractivity contribution in [2.75, 3.05) is 13.1 Å². The number of hydrogen-bond donors (Lipinski definition) is 0. The van der Waals surface area contributed by atoms with E-state index >= 15 is 0 Å². The first kappa shape index (κ1) is 15.9. The second-order valence-corrected chi connectivity index (χ2v) is 7.05. The number of hydrogen-bond acceptors (Lipinski definition) is 3. The molecule has 21 heavy (non-hydrogen) atoms. The molecule has 5 nitrogen and oxygen atoms in total. The lowest BCUT2D eigenvalue weighted by Crippen LogP contribution is -2.42. The summed E-state index contributed by atoms with van der Waals surface area (Å²) in [5, 5.41) is 0. The van der Waals surface area contributed by atoms with Gasteiger partial charge in [-0.15, -0.1) is 0 Å². The number of nitrogens with zero attached hydrogens (tertiary/aromatic N) is 2. The number of ether oxygens (including phenoxy) is 1. The Morgan fingerprint density at radius 2 is 2.05 bits per heavy atom. The van der Waals surface area contributed by atoms with E-state index in [1.165, 1.54) is 0 Å². The Bertz CT molecular complexity index is 451. The van der Waals surface area contributed by atoms with Crippen LogP contribution in [0, 0.1) is 5.92 Å². The SMILES string of the molecule is CC1CCC(=O)N(C2=CN(C(=O)OC(C)(C)C)CCC2)C1. The molecule has 0 spiro atoms. The van der Waals surface area contributed by atoms with Gasteiger partial charge in [0.05, 0.1) is 0 Å². The molecule has 2 heterocycles. The number of likely N-dealkylation sites (tertiary alicyclic amines) is 1. The van der Waals surface area contributed by atoms with Gasteiger partial charge in [-0.25, -0.2) is 4.79 Å². The molecule has 2 rings (SSSR count). The molecule has 0 N–H and O–H groups in total. The molecule has 1 fully saturated rings. The number of allylic oxidation sites excluding steroid dienone is 1. The van der Waals surface area contributed by atoms with Gasteiger partial charge in [-0.1, -0.05) is 6.92 Å². The Kier molecular flexibility index (Phi) is 4.59. The zero-order chi connectivity index (χ0) is 15.6. The molecule has 0 bridgehead atoms. The van der Waals surface area contributed by atoms with E-state index in [-0.39, 0.29) is 12.0 Å². The maximum atomic E-state index is 12.1. The van der Waals surface area contributed by atoms with Crippen LogP contribution < -0.4 is 0 Å². The van der Waals surface area contributed by atoms with Gasteiger partial charge in [-0.3, -0.25) is 9.69 Å². The molecule has 0 aromatic carbocycles. The third kappa shape index (κ3) is 4.22. The zero-order valence-corrected chi connectivity index (χ0v) is 13.5. The lowest BCUT2D eigenvalue weighted by Gasteiger charge is -2.36. The van der Waals surface area contributed by atoms with Crippen molar-refractivity contribution >= 4 is 12.0 Å². The van der Waals surface area contributed by atoms with Gasteiger partial charge >= 0.3 is 6.09 Å². The van der Waals surface area contributed by atoms with Crippen molar-refractivity contribution in [1.82, 2.24) is 9.80 Å². The van der Waals surface area contributed by atoms with E-state index < -0.39 is 5.60 Å². The summed E-state index contributed by atoms with van der Waals surface area (Å²) in [6.07, 6.45) is 4.73. The normalized spacial score (nSPS) is 23.9. The fraction of sp³-hybridized carbons (Fsp3) is 0.750. The summed E-state index contributed by atoms with van der Waals surface area (Å²) in [5.41, 5.74) is 0.446. The number of amides is 2. The van der Waals surface area contributed by atoms with Crippen molar-refractivity contribution in [2.24, 2.45) is 5.92 Å². The molecule has 2 aliphatic rings. The molecular formula is C16H26N2O3. The third-order valence-electron chi connectivity index (χ3n) is 3.76. The highest BCUT2D eigenvalue weighted by molar-refractivity contribution is 5.79. The second kappa shape index (κ2) is 6.08. The average Bonchev–Trinajstić information content (AvgIpc) is 2.40. The molecule has 1 atom stereocenters. The number of carbonyl (C=O) groups excluding carboxylic acids is 2. The lowest BCUT2D eigenvalue weighted by atomic mass is 9.98. The van der Waals surface area contributed by atoms with Gasteiger partial charge in [0, 0.05) is 31.4 Å². The number of rotatable bonds is 1. The van der Waals surface area contributed by atoms with E-state index in [2.05, 4.69) is 6.92 Å². The molecule has 1 saturated heterocycles. The minimum absolute atomic E-state index is 0.172. The molecule has 0 aromatic heterocycles. The van der Waals surface area contributed by atoms with Crippen LogP contribution in [0.2, 0.25) is 0 Å². The van der Waals surface area contributed by atoms with Crippen molar-refractivity contribution in [3.8, 4) is 0 Å². The monoisotopic (exact) mass is 294 g/mol. The van der Waals surface area contributed by atoms with Gasteiger partial charge in [0.2, 0.25) is 5.91 Å². The molecular weight excluding hydrogens is 268 g/mol. The van der Waals surface area contributed by atoms with E-state index in [9.17, 15) is 9.59 Å². The van der Waals surface area contributed by atoms with Crippen LogP contribution in [0.1, 0.15) is 53.4 Å².